The lowest BCUT2D eigenvalue weighted by molar-refractivity contribution is 0.0932. The van der Waals surface area contributed by atoms with E-state index in [9.17, 15) is 14.0 Å². The molecule has 0 bridgehead atoms. The van der Waals surface area contributed by atoms with E-state index in [4.69, 9.17) is 4.74 Å². The molecule has 1 N–H and O–H groups in total. The van der Waals surface area contributed by atoms with Crippen LogP contribution in [0.15, 0.2) is 54.7 Å². The average Bonchev–Trinajstić information content (AvgIpc) is 2.76. The normalized spacial score (nSPS) is 12.2. The molecule has 1 amide bonds. The zero-order chi connectivity index (χ0) is 21.7. The second-order valence-corrected chi connectivity index (χ2v) is 6.55. The van der Waals surface area contributed by atoms with Crippen molar-refractivity contribution < 1.29 is 18.7 Å². The van der Waals surface area contributed by atoms with Crippen LogP contribution in [0.5, 0.6) is 5.75 Å². The lowest BCUT2D eigenvalue weighted by Gasteiger charge is -2.19. The molecule has 0 radical (unpaired) electrons. The minimum absolute atomic E-state index is 0.0441. The topological polar surface area (TPSA) is 68.3 Å². The highest BCUT2D eigenvalue weighted by Gasteiger charge is 2.20. The van der Waals surface area contributed by atoms with Crippen LogP contribution in [0.25, 0.3) is 11.1 Å². The fourth-order valence-corrected chi connectivity index (χ4v) is 3.17. The van der Waals surface area contributed by atoms with Crippen molar-refractivity contribution in [3.8, 4) is 16.9 Å². The summed E-state index contributed by atoms with van der Waals surface area (Å²) in [5.74, 6) is -0.172. The Morgan fingerprint density at radius 2 is 1.87 bits per heavy atom. The molecule has 30 heavy (non-hydrogen) atoms. The molecule has 6 heteroatoms. The largest absolute Gasteiger partial charge is 0.492 e. The van der Waals surface area contributed by atoms with Crippen LogP contribution in [-0.2, 0) is 0 Å². The van der Waals surface area contributed by atoms with Gasteiger partial charge in [-0.3, -0.25) is 9.59 Å². The number of fused-ring (bicyclic) bond motifs is 1. The number of halogens is 1. The first-order valence-corrected chi connectivity index (χ1v) is 9.86. The molecule has 1 aliphatic heterocycles. The van der Waals surface area contributed by atoms with Gasteiger partial charge in [0.15, 0.2) is 5.78 Å². The molecule has 3 aromatic rings. The van der Waals surface area contributed by atoms with Crippen molar-refractivity contribution >= 4 is 17.5 Å². The van der Waals surface area contributed by atoms with E-state index in [-0.39, 0.29) is 11.3 Å². The number of benzene rings is 2. The van der Waals surface area contributed by atoms with Gasteiger partial charge in [-0.25, -0.2) is 9.37 Å². The number of hydrogen-bond donors (Lipinski definition) is 1. The second kappa shape index (κ2) is 9.31. The second-order valence-electron chi connectivity index (χ2n) is 6.55. The van der Waals surface area contributed by atoms with E-state index in [1.165, 1.54) is 18.2 Å². The van der Waals surface area contributed by atoms with Crippen molar-refractivity contribution in [2.24, 2.45) is 0 Å². The number of carbonyl (C=O) groups excluding carboxylic acids is 2. The number of pyridine rings is 1. The van der Waals surface area contributed by atoms with E-state index in [1.54, 1.807) is 24.4 Å². The van der Waals surface area contributed by atoms with Crippen LogP contribution in [0.3, 0.4) is 0 Å². The molecule has 0 aliphatic carbocycles. The first kappa shape index (κ1) is 21.2. The monoisotopic (exact) mass is 406 g/mol. The van der Waals surface area contributed by atoms with Crippen LogP contribution in [0.1, 0.15) is 46.5 Å². The summed E-state index contributed by atoms with van der Waals surface area (Å²) in [5, 5.41) is 2.59. The average molecular weight is 406 g/mol. The molecule has 2 aromatic carbocycles. The Hall–Kier alpha value is -3.54. The maximum absolute atomic E-state index is 13.7. The molecule has 0 saturated carbocycles. The Morgan fingerprint density at radius 1 is 1.10 bits per heavy atom. The number of hydrogen-bond acceptors (Lipinski definition) is 4. The quantitative estimate of drug-likeness (QED) is 0.629. The van der Waals surface area contributed by atoms with Crippen molar-refractivity contribution in [1.29, 1.82) is 0 Å². The van der Waals surface area contributed by atoms with E-state index >= 15 is 0 Å². The predicted molar refractivity (Wildman–Crippen MR) is 115 cm³/mol. The highest BCUT2D eigenvalue weighted by molar-refractivity contribution is 6.04. The van der Waals surface area contributed by atoms with Crippen LogP contribution in [0, 0.1) is 12.7 Å². The molecule has 4 rings (SSSR count). The first-order chi connectivity index (χ1) is 14.5. The van der Waals surface area contributed by atoms with Crippen molar-refractivity contribution in [2.45, 2.75) is 27.2 Å². The number of anilines is 1. The number of carbonyl (C=O) groups is 2. The predicted octanol–water partition coefficient (Wildman–Crippen LogP) is 5.44. The van der Waals surface area contributed by atoms with Gasteiger partial charge in [-0.1, -0.05) is 26.0 Å². The molecule has 0 unspecified atom stereocenters. The Kier molecular flexibility index (Phi) is 6.57. The SMILES string of the molecule is CC.Cc1cc2c(cc1-c1ccc(NC(=O)c3ccccc3F)nc1)C(=O)CCO2. The Balaban J connectivity index is 0.00000124. The number of rotatable bonds is 3. The molecule has 5 nitrogen and oxygen atoms in total. The molecular formula is C24H23FN2O3. The van der Waals surface area contributed by atoms with Crippen LogP contribution >= 0.6 is 0 Å². The minimum Gasteiger partial charge on any atom is -0.492 e. The third-order valence-electron chi connectivity index (χ3n) is 4.65. The van der Waals surface area contributed by atoms with Crippen molar-refractivity contribution in [3.05, 3.63) is 77.2 Å². The van der Waals surface area contributed by atoms with Gasteiger partial charge in [-0.15, -0.1) is 0 Å². The smallest absolute Gasteiger partial charge is 0.259 e. The maximum atomic E-state index is 13.7. The Bertz CT molecular complexity index is 1080. The number of ether oxygens (including phenoxy) is 1. The summed E-state index contributed by atoms with van der Waals surface area (Å²) < 4.78 is 19.3. The molecule has 0 fully saturated rings. The van der Waals surface area contributed by atoms with Gasteiger partial charge in [-0.2, -0.15) is 0 Å². The summed E-state index contributed by atoms with van der Waals surface area (Å²) in [7, 11) is 0. The Labute approximate surface area is 174 Å². The van der Waals surface area contributed by atoms with Gasteiger partial charge in [0, 0.05) is 18.2 Å². The van der Waals surface area contributed by atoms with Gasteiger partial charge < -0.3 is 10.1 Å². The highest BCUT2D eigenvalue weighted by atomic mass is 19.1. The summed E-state index contributed by atoms with van der Waals surface area (Å²) in [6.45, 7) is 6.34. The van der Waals surface area contributed by atoms with Crippen LogP contribution in [0.4, 0.5) is 10.2 Å². The van der Waals surface area contributed by atoms with Crippen LogP contribution < -0.4 is 10.1 Å². The fraction of sp³-hybridized carbons (Fsp3) is 0.208. The minimum atomic E-state index is -0.590. The zero-order valence-electron chi connectivity index (χ0n) is 17.2. The van der Waals surface area contributed by atoms with Crippen molar-refractivity contribution in [2.75, 3.05) is 11.9 Å². The van der Waals surface area contributed by atoms with E-state index in [2.05, 4.69) is 10.3 Å². The van der Waals surface area contributed by atoms with Crippen LogP contribution in [-0.4, -0.2) is 23.3 Å². The molecule has 154 valence electrons. The number of aromatic nitrogens is 1. The lowest BCUT2D eigenvalue weighted by Crippen LogP contribution is -2.15. The highest BCUT2D eigenvalue weighted by Crippen LogP contribution is 2.33. The van der Waals surface area contributed by atoms with Gasteiger partial charge in [0.05, 0.1) is 17.7 Å². The number of nitrogens with zero attached hydrogens (tertiary/aromatic N) is 1. The number of ketones is 1. The fourth-order valence-electron chi connectivity index (χ4n) is 3.17. The number of amides is 1. The van der Waals surface area contributed by atoms with E-state index in [0.29, 0.717) is 30.2 Å². The summed E-state index contributed by atoms with van der Waals surface area (Å²) in [4.78, 5) is 28.6. The van der Waals surface area contributed by atoms with Crippen LogP contribution in [0.2, 0.25) is 0 Å². The molecular weight excluding hydrogens is 383 g/mol. The van der Waals surface area contributed by atoms with Crippen molar-refractivity contribution in [3.63, 3.8) is 0 Å². The lowest BCUT2D eigenvalue weighted by atomic mass is 9.95. The van der Waals surface area contributed by atoms with Gasteiger partial charge in [-0.05, 0) is 54.4 Å². The van der Waals surface area contributed by atoms with Gasteiger partial charge in [0.2, 0.25) is 0 Å². The molecule has 1 aromatic heterocycles. The summed E-state index contributed by atoms with van der Waals surface area (Å²) in [6, 6.07) is 12.9. The van der Waals surface area contributed by atoms with E-state index in [1.807, 2.05) is 32.9 Å². The molecule has 0 spiro atoms. The Morgan fingerprint density at radius 3 is 2.57 bits per heavy atom. The maximum Gasteiger partial charge on any atom is 0.259 e. The molecule has 0 atom stereocenters. The summed E-state index contributed by atoms with van der Waals surface area (Å²) in [5.41, 5.74) is 3.17. The summed E-state index contributed by atoms with van der Waals surface area (Å²) >= 11 is 0. The van der Waals surface area contributed by atoms with Gasteiger partial charge in [0.1, 0.15) is 17.4 Å². The number of Topliss-reactive ketones (excluding diaryl/α,β-unsaturated/α-hetero) is 1. The third-order valence-corrected chi connectivity index (χ3v) is 4.65. The molecule has 0 saturated heterocycles. The standard InChI is InChI=1S/C22H17FN2O3.C2H6/c1-13-10-20-17(19(26)8-9-28-20)11-16(13)14-6-7-21(24-12-14)25-22(27)15-4-2-3-5-18(15)23;1-2/h2-7,10-12H,8-9H2,1H3,(H,24,25,27);1-2H3. The third kappa shape index (κ3) is 4.38. The van der Waals surface area contributed by atoms with Gasteiger partial charge in [0.25, 0.3) is 5.91 Å². The number of aryl methyl sites for hydroxylation is 1. The number of nitrogens with one attached hydrogen (secondary N) is 1. The molecule has 1 aliphatic rings. The first-order valence-electron chi connectivity index (χ1n) is 9.86. The van der Waals surface area contributed by atoms with E-state index in [0.717, 1.165) is 16.7 Å². The molecule has 2 heterocycles. The van der Waals surface area contributed by atoms with Gasteiger partial charge >= 0.3 is 0 Å². The van der Waals surface area contributed by atoms with Crippen molar-refractivity contribution in [1.82, 2.24) is 4.98 Å². The zero-order valence-corrected chi connectivity index (χ0v) is 17.2. The summed E-state index contributed by atoms with van der Waals surface area (Å²) in [6.07, 6.45) is 1.98. The van der Waals surface area contributed by atoms with E-state index < -0.39 is 11.7 Å².